The molecule has 2 aromatic rings. The number of esters is 1. The molecule has 1 aliphatic heterocycles. The van der Waals surface area contributed by atoms with Crippen LogP contribution in [0.1, 0.15) is 11.1 Å². The average molecular weight is 311 g/mol. The third kappa shape index (κ3) is 3.78. The number of hydrogen-bond donors (Lipinski definition) is 0. The number of carbonyl (C=O) groups excluding carboxylic acids is 1. The molecule has 2 atom stereocenters. The molecule has 0 aliphatic carbocycles. The summed E-state index contributed by atoms with van der Waals surface area (Å²) in [6.07, 6.45) is -0.119. The molecule has 1 saturated heterocycles. The first-order chi connectivity index (χ1) is 11.3. The molecular weight excluding hydrogens is 290 g/mol. The molecule has 3 rings (SSSR count). The third-order valence-electron chi connectivity index (χ3n) is 4.14. The molecule has 1 heterocycles. The first-order valence-corrected chi connectivity index (χ1v) is 7.79. The highest BCUT2D eigenvalue weighted by atomic mass is 16.5. The van der Waals surface area contributed by atoms with E-state index in [-0.39, 0.29) is 18.1 Å². The molecule has 23 heavy (non-hydrogen) atoms. The van der Waals surface area contributed by atoms with Gasteiger partial charge in [0, 0.05) is 13.1 Å². The van der Waals surface area contributed by atoms with Crippen molar-refractivity contribution in [3.63, 3.8) is 0 Å². The van der Waals surface area contributed by atoms with E-state index in [9.17, 15) is 4.79 Å². The van der Waals surface area contributed by atoms with Gasteiger partial charge in [0.25, 0.3) is 0 Å². The van der Waals surface area contributed by atoms with Crippen LogP contribution in [0.15, 0.2) is 60.7 Å². The standard InChI is InChI=1S/C19H21NO3/c1-22-19(21)18-17(23-14-16-10-6-3-7-11-16)13-20(18)12-15-8-4-2-5-9-15/h2-11,17-18H,12-14H2,1H3/t17-,18-/m0/s1. The van der Waals surface area contributed by atoms with E-state index in [1.165, 1.54) is 12.7 Å². The molecule has 0 saturated carbocycles. The average Bonchev–Trinajstić information content (AvgIpc) is 2.59. The van der Waals surface area contributed by atoms with Gasteiger partial charge in [-0.25, -0.2) is 0 Å². The molecule has 1 aliphatic rings. The Kier molecular flexibility index (Phi) is 5.05. The lowest BCUT2D eigenvalue weighted by Crippen LogP contribution is -2.64. The Morgan fingerprint density at radius 3 is 2.26 bits per heavy atom. The highest BCUT2D eigenvalue weighted by molar-refractivity contribution is 5.77. The number of ether oxygens (including phenoxy) is 2. The molecule has 4 heteroatoms. The minimum Gasteiger partial charge on any atom is -0.468 e. The molecule has 0 aromatic heterocycles. The number of carbonyl (C=O) groups is 1. The van der Waals surface area contributed by atoms with Crippen molar-refractivity contribution < 1.29 is 14.3 Å². The van der Waals surface area contributed by atoms with E-state index in [0.29, 0.717) is 6.61 Å². The van der Waals surface area contributed by atoms with Gasteiger partial charge in [0.15, 0.2) is 0 Å². The van der Waals surface area contributed by atoms with Gasteiger partial charge in [0.2, 0.25) is 0 Å². The Bertz CT molecular complexity index is 630. The lowest BCUT2D eigenvalue weighted by Gasteiger charge is -2.45. The molecule has 0 radical (unpaired) electrons. The van der Waals surface area contributed by atoms with Crippen LogP contribution in [0.4, 0.5) is 0 Å². The molecule has 0 spiro atoms. The van der Waals surface area contributed by atoms with Crippen molar-refractivity contribution in [2.45, 2.75) is 25.3 Å². The van der Waals surface area contributed by atoms with Gasteiger partial charge in [-0.3, -0.25) is 9.69 Å². The maximum Gasteiger partial charge on any atom is 0.325 e. The summed E-state index contributed by atoms with van der Waals surface area (Å²) in [4.78, 5) is 14.2. The van der Waals surface area contributed by atoms with Crippen molar-refractivity contribution >= 4 is 5.97 Å². The summed E-state index contributed by atoms with van der Waals surface area (Å²) in [5.74, 6) is -0.231. The monoisotopic (exact) mass is 311 g/mol. The summed E-state index contributed by atoms with van der Waals surface area (Å²) in [7, 11) is 1.43. The van der Waals surface area contributed by atoms with Crippen molar-refractivity contribution in [1.29, 1.82) is 0 Å². The summed E-state index contributed by atoms with van der Waals surface area (Å²) in [5, 5.41) is 0. The van der Waals surface area contributed by atoms with Gasteiger partial charge in [-0.2, -0.15) is 0 Å². The highest BCUT2D eigenvalue weighted by Gasteiger charge is 2.45. The molecule has 0 amide bonds. The SMILES string of the molecule is COC(=O)[C@@H]1[C@@H](OCc2ccccc2)CN1Cc1ccccc1. The van der Waals surface area contributed by atoms with Gasteiger partial charge in [-0.1, -0.05) is 60.7 Å². The third-order valence-corrected chi connectivity index (χ3v) is 4.14. The second kappa shape index (κ2) is 7.40. The van der Waals surface area contributed by atoms with Gasteiger partial charge in [0.05, 0.1) is 19.8 Å². The van der Waals surface area contributed by atoms with Gasteiger partial charge >= 0.3 is 5.97 Å². The zero-order chi connectivity index (χ0) is 16.1. The quantitative estimate of drug-likeness (QED) is 0.769. The van der Waals surface area contributed by atoms with Gasteiger partial charge in [-0.05, 0) is 11.1 Å². The number of hydrogen-bond acceptors (Lipinski definition) is 4. The summed E-state index contributed by atoms with van der Waals surface area (Å²) in [5.41, 5.74) is 2.29. The van der Waals surface area contributed by atoms with Gasteiger partial charge in [-0.15, -0.1) is 0 Å². The van der Waals surface area contributed by atoms with Gasteiger partial charge < -0.3 is 9.47 Å². The normalized spacial score (nSPS) is 20.7. The van der Waals surface area contributed by atoms with Gasteiger partial charge in [0.1, 0.15) is 6.04 Å². The predicted octanol–water partition coefficient (Wildman–Crippen LogP) is 2.63. The van der Waals surface area contributed by atoms with Crippen molar-refractivity contribution in [2.24, 2.45) is 0 Å². The van der Waals surface area contributed by atoms with Crippen LogP contribution in [0, 0.1) is 0 Å². The lowest BCUT2D eigenvalue weighted by atomic mass is 9.97. The lowest BCUT2D eigenvalue weighted by molar-refractivity contribution is -0.173. The van der Waals surface area contributed by atoms with Crippen LogP contribution in [0.5, 0.6) is 0 Å². The molecular formula is C19H21NO3. The van der Waals surface area contributed by atoms with E-state index in [1.54, 1.807) is 0 Å². The fraction of sp³-hybridized carbons (Fsp3) is 0.316. The number of benzene rings is 2. The summed E-state index contributed by atoms with van der Waals surface area (Å²) in [6, 6.07) is 19.8. The van der Waals surface area contributed by atoms with E-state index in [1.807, 2.05) is 48.5 Å². The Hall–Kier alpha value is -2.17. The van der Waals surface area contributed by atoms with Crippen molar-refractivity contribution in [3.05, 3.63) is 71.8 Å². The smallest absolute Gasteiger partial charge is 0.325 e. The van der Waals surface area contributed by atoms with Crippen LogP contribution in [0.3, 0.4) is 0 Å². The van der Waals surface area contributed by atoms with E-state index < -0.39 is 0 Å². The summed E-state index contributed by atoms with van der Waals surface area (Å²) < 4.78 is 10.9. The van der Waals surface area contributed by atoms with Crippen molar-refractivity contribution in [2.75, 3.05) is 13.7 Å². The van der Waals surface area contributed by atoms with E-state index in [0.717, 1.165) is 18.7 Å². The fourth-order valence-corrected chi connectivity index (χ4v) is 2.87. The zero-order valence-corrected chi connectivity index (χ0v) is 13.2. The predicted molar refractivity (Wildman–Crippen MR) is 87.7 cm³/mol. The molecule has 1 fully saturated rings. The number of methoxy groups -OCH3 is 1. The molecule has 2 aromatic carbocycles. The maximum absolute atomic E-state index is 12.1. The second-order valence-electron chi connectivity index (χ2n) is 5.72. The summed E-state index contributed by atoms with van der Waals surface area (Å²) in [6.45, 7) is 1.98. The molecule has 4 nitrogen and oxygen atoms in total. The Morgan fingerprint density at radius 1 is 1.04 bits per heavy atom. The zero-order valence-electron chi connectivity index (χ0n) is 13.2. The number of nitrogens with zero attached hydrogens (tertiary/aromatic N) is 1. The van der Waals surface area contributed by atoms with Crippen molar-refractivity contribution in [1.82, 2.24) is 4.90 Å². The van der Waals surface area contributed by atoms with Crippen LogP contribution in [0.25, 0.3) is 0 Å². The number of likely N-dealkylation sites (tertiary alicyclic amines) is 1. The first kappa shape index (κ1) is 15.7. The van der Waals surface area contributed by atoms with Crippen molar-refractivity contribution in [3.8, 4) is 0 Å². The fourth-order valence-electron chi connectivity index (χ4n) is 2.87. The largest absolute Gasteiger partial charge is 0.468 e. The first-order valence-electron chi connectivity index (χ1n) is 7.79. The number of rotatable bonds is 6. The van der Waals surface area contributed by atoms with Crippen LogP contribution >= 0.6 is 0 Å². The Balaban J connectivity index is 1.60. The molecule has 0 N–H and O–H groups in total. The molecule has 0 bridgehead atoms. The van der Waals surface area contributed by atoms with E-state index in [4.69, 9.17) is 9.47 Å². The van der Waals surface area contributed by atoms with Crippen LogP contribution < -0.4 is 0 Å². The summed E-state index contributed by atoms with van der Waals surface area (Å²) >= 11 is 0. The van der Waals surface area contributed by atoms with Crippen LogP contribution in [-0.2, 0) is 27.4 Å². The Labute approximate surface area is 136 Å². The topological polar surface area (TPSA) is 38.8 Å². The van der Waals surface area contributed by atoms with E-state index >= 15 is 0 Å². The van der Waals surface area contributed by atoms with Crippen LogP contribution in [-0.4, -0.2) is 36.7 Å². The highest BCUT2D eigenvalue weighted by Crippen LogP contribution is 2.26. The minimum absolute atomic E-state index is 0.119. The van der Waals surface area contributed by atoms with Crippen LogP contribution in [0.2, 0.25) is 0 Å². The minimum atomic E-state index is -0.330. The molecule has 120 valence electrons. The van der Waals surface area contributed by atoms with E-state index in [2.05, 4.69) is 17.0 Å². The Morgan fingerprint density at radius 2 is 1.65 bits per heavy atom. The molecule has 0 unspecified atom stereocenters. The second-order valence-corrected chi connectivity index (χ2v) is 5.72. The maximum atomic E-state index is 12.1.